The van der Waals surface area contributed by atoms with Gasteiger partial charge in [-0.25, -0.2) is 4.39 Å². The Hall–Kier alpha value is -1.08. The first-order valence-corrected chi connectivity index (χ1v) is 10.2. The number of halogens is 2. The molecule has 3 fully saturated rings. The zero-order valence-corrected chi connectivity index (χ0v) is 18.0. The molecule has 0 aromatic heterocycles. The van der Waals surface area contributed by atoms with E-state index in [9.17, 15) is 19.8 Å². The lowest BCUT2D eigenvalue weighted by Gasteiger charge is -2.62. The van der Waals surface area contributed by atoms with E-state index in [1.54, 1.807) is 13.0 Å². The van der Waals surface area contributed by atoms with E-state index >= 15 is 4.39 Å². The van der Waals surface area contributed by atoms with Gasteiger partial charge in [-0.3, -0.25) is 9.59 Å². The molecule has 29 heavy (non-hydrogen) atoms. The third-order valence-corrected chi connectivity index (χ3v) is 8.83. The van der Waals surface area contributed by atoms with Crippen LogP contribution in [0.5, 0.6) is 0 Å². The van der Waals surface area contributed by atoms with Gasteiger partial charge in [-0.1, -0.05) is 25.5 Å². The standard InChI is InChI=1S/C22H30FNO4.ClH/c1-12-8-16-15-5-4-13-9-14(25)6-7-19(13,2)21(15,23)17(26)10-20(16,3)22(12,28)18(27)11-24;/h6-7,9,12,15-17,26,28H,4-5,8,10-11,24H2,1-3H3;1H/t12?,15-,16-,17?,19-,20-,21-,22-;/m0./s1. The summed E-state index contributed by atoms with van der Waals surface area (Å²) >= 11 is 0. The fourth-order valence-corrected chi connectivity index (χ4v) is 7.30. The maximum atomic E-state index is 16.9. The highest BCUT2D eigenvalue weighted by molar-refractivity contribution is 6.01. The molecule has 4 aliphatic rings. The lowest BCUT2D eigenvalue weighted by molar-refractivity contribution is -0.218. The average Bonchev–Trinajstić information content (AvgIpc) is 2.84. The van der Waals surface area contributed by atoms with Crippen molar-refractivity contribution in [3.05, 3.63) is 23.8 Å². The first-order chi connectivity index (χ1) is 13.0. The van der Waals surface area contributed by atoms with Crippen LogP contribution in [0.2, 0.25) is 0 Å². The Morgan fingerprint density at radius 1 is 1.34 bits per heavy atom. The van der Waals surface area contributed by atoms with Crippen LogP contribution in [0.25, 0.3) is 0 Å². The van der Waals surface area contributed by atoms with Crippen molar-refractivity contribution in [2.24, 2.45) is 34.3 Å². The van der Waals surface area contributed by atoms with E-state index in [0.29, 0.717) is 19.3 Å². The van der Waals surface area contributed by atoms with E-state index in [1.165, 1.54) is 12.2 Å². The largest absolute Gasteiger partial charge is 0.390 e. The normalized spacial score (nSPS) is 50.7. The number of nitrogens with two attached hydrogens (primary N) is 1. The van der Waals surface area contributed by atoms with Crippen LogP contribution < -0.4 is 5.73 Å². The van der Waals surface area contributed by atoms with Gasteiger partial charge in [0.05, 0.1) is 12.6 Å². The molecular formula is C22H31ClFNO4. The van der Waals surface area contributed by atoms with Gasteiger partial charge in [0.2, 0.25) is 0 Å². The minimum atomic E-state index is -1.95. The summed E-state index contributed by atoms with van der Waals surface area (Å²) in [5, 5.41) is 22.6. The Bertz CT molecular complexity index is 815. The lowest BCUT2D eigenvalue weighted by Crippen LogP contribution is -2.69. The highest BCUT2D eigenvalue weighted by Crippen LogP contribution is 2.70. The lowest BCUT2D eigenvalue weighted by atomic mass is 9.44. The minimum Gasteiger partial charge on any atom is -0.390 e. The minimum absolute atomic E-state index is 0. The first-order valence-electron chi connectivity index (χ1n) is 10.2. The number of aliphatic hydroxyl groups is 2. The first kappa shape index (κ1) is 22.6. The predicted octanol–water partition coefficient (Wildman–Crippen LogP) is 2.28. The number of fused-ring (bicyclic) bond motifs is 5. The smallest absolute Gasteiger partial charge is 0.178 e. The molecule has 4 aliphatic carbocycles. The van der Waals surface area contributed by atoms with E-state index in [4.69, 9.17) is 5.73 Å². The Morgan fingerprint density at radius 3 is 2.62 bits per heavy atom. The highest BCUT2D eigenvalue weighted by atomic mass is 35.5. The molecular weight excluding hydrogens is 397 g/mol. The van der Waals surface area contributed by atoms with E-state index in [-0.39, 0.29) is 43.0 Å². The van der Waals surface area contributed by atoms with Gasteiger partial charge in [-0.2, -0.15) is 0 Å². The van der Waals surface area contributed by atoms with E-state index in [2.05, 4.69) is 0 Å². The molecule has 0 spiro atoms. The van der Waals surface area contributed by atoms with Crippen molar-refractivity contribution in [1.82, 2.24) is 0 Å². The quantitative estimate of drug-likeness (QED) is 0.627. The number of ketones is 2. The Labute approximate surface area is 177 Å². The van der Waals surface area contributed by atoms with Crippen molar-refractivity contribution in [3.63, 3.8) is 0 Å². The van der Waals surface area contributed by atoms with Crippen molar-refractivity contribution in [2.45, 2.75) is 63.8 Å². The van der Waals surface area contributed by atoms with Crippen molar-refractivity contribution in [3.8, 4) is 0 Å². The molecule has 8 atom stereocenters. The third-order valence-electron chi connectivity index (χ3n) is 8.83. The molecule has 3 saturated carbocycles. The second-order valence-corrected chi connectivity index (χ2v) is 9.80. The van der Waals surface area contributed by atoms with Crippen molar-refractivity contribution >= 4 is 24.0 Å². The summed E-state index contributed by atoms with van der Waals surface area (Å²) in [7, 11) is 0. The van der Waals surface area contributed by atoms with Gasteiger partial charge < -0.3 is 15.9 Å². The molecule has 0 bridgehead atoms. The van der Waals surface area contributed by atoms with Crippen molar-refractivity contribution < 1.29 is 24.2 Å². The molecule has 7 heteroatoms. The van der Waals surface area contributed by atoms with Gasteiger partial charge in [-0.05, 0) is 56.6 Å². The molecule has 4 N–H and O–H groups in total. The molecule has 0 heterocycles. The fraction of sp³-hybridized carbons (Fsp3) is 0.727. The fourth-order valence-electron chi connectivity index (χ4n) is 7.30. The number of carbonyl (C=O) groups is 2. The molecule has 0 saturated heterocycles. The van der Waals surface area contributed by atoms with Gasteiger partial charge in [0.1, 0.15) is 5.60 Å². The van der Waals surface area contributed by atoms with Gasteiger partial charge in [0, 0.05) is 16.7 Å². The molecule has 0 aromatic carbocycles. The van der Waals surface area contributed by atoms with E-state index < -0.39 is 39.9 Å². The maximum absolute atomic E-state index is 16.9. The third kappa shape index (κ3) is 2.43. The summed E-state index contributed by atoms with van der Waals surface area (Å²) < 4.78 is 16.9. The Balaban J connectivity index is 0.00000240. The number of hydrogen-bond acceptors (Lipinski definition) is 5. The molecule has 0 aromatic rings. The van der Waals surface area contributed by atoms with Gasteiger partial charge in [0.25, 0.3) is 0 Å². The summed E-state index contributed by atoms with van der Waals surface area (Å²) in [5.74, 6) is -1.71. The molecule has 4 rings (SSSR count). The SMILES string of the molecule is CC1C[C@H]2[C@@H]3CCC4=CC(=O)C=C[C@]4(C)[C@@]3(F)C(O)C[C@]2(C)[C@@]1(O)C(=O)CN.Cl. The molecule has 2 unspecified atom stereocenters. The molecule has 0 aliphatic heterocycles. The predicted molar refractivity (Wildman–Crippen MR) is 109 cm³/mol. The average molecular weight is 428 g/mol. The van der Waals surface area contributed by atoms with Crippen LogP contribution in [0.3, 0.4) is 0 Å². The second-order valence-electron chi connectivity index (χ2n) is 9.80. The Kier molecular flexibility index (Phi) is 5.23. The van der Waals surface area contributed by atoms with Gasteiger partial charge in [0.15, 0.2) is 17.2 Å². The van der Waals surface area contributed by atoms with Crippen molar-refractivity contribution in [1.29, 1.82) is 0 Å². The van der Waals surface area contributed by atoms with Crippen LogP contribution in [-0.2, 0) is 9.59 Å². The van der Waals surface area contributed by atoms with Crippen LogP contribution in [-0.4, -0.2) is 45.7 Å². The molecule has 0 radical (unpaired) electrons. The monoisotopic (exact) mass is 427 g/mol. The number of Topliss-reactive ketones (excluding diaryl/α,β-unsaturated/α-hetero) is 1. The van der Waals surface area contributed by atoms with Crippen LogP contribution >= 0.6 is 12.4 Å². The van der Waals surface area contributed by atoms with E-state index in [1.807, 2.05) is 13.8 Å². The van der Waals surface area contributed by atoms with Crippen LogP contribution in [0.15, 0.2) is 23.8 Å². The number of allylic oxidation sites excluding steroid dienone is 4. The number of aliphatic hydroxyl groups excluding tert-OH is 1. The number of alkyl halides is 1. The molecule has 162 valence electrons. The van der Waals surface area contributed by atoms with Gasteiger partial charge in [-0.15, -0.1) is 12.4 Å². The summed E-state index contributed by atoms with van der Waals surface area (Å²) in [6.45, 7) is 5.11. The zero-order chi connectivity index (χ0) is 20.7. The summed E-state index contributed by atoms with van der Waals surface area (Å²) in [5.41, 5.74) is 0.711. The number of hydrogen-bond donors (Lipinski definition) is 3. The molecule has 5 nitrogen and oxygen atoms in total. The number of carbonyl (C=O) groups excluding carboxylic acids is 2. The second kappa shape index (κ2) is 6.71. The summed E-state index contributed by atoms with van der Waals surface area (Å²) in [6, 6.07) is 0. The molecule has 0 amide bonds. The van der Waals surface area contributed by atoms with Crippen molar-refractivity contribution in [2.75, 3.05) is 6.54 Å². The van der Waals surface area contributed by atoms with E-state index in [0.717, 1.165) is 5.57 Å². The number of rotatable bonds is 2. The summed E-state index contributed by atoms with van der Waals surface area (Å²) in [4.78, 5) is 24.5. The van der Waals surface area contributed by atoms with Crippen LogP contribution in [0.4, 0.5) is 4.39 Å². The summed E-state index contributed by atoms with van der Waals surface area (Å²) in [6.07, 6.45) is 4.70. The topological polar surface area (TPSA) is 101 Å². The van der Waals surface area contributed by atoms with Crippen LogP contribution in [0.1, 0.15) is 46.5 Å². The van der Waals surface area contributed by atoms with Crippen LogP contribution in [0, 0.1) is 28.6 Å². The Morgan fingerprint density at radius 2 is 2.00 bits per heavy atom. The zero-order valence-electron chi connectivity index (χ0n) is 17.2. The maximum Gasteiger partial charge on any atom is 0.178 e. The highest BCUT2D eigenvalue weighted by Gasteiger charge is 2.75. The van der Waals surface area contributed by atoms with Gasteiger partial charge >= 0.3 is 0 Å².